The van der Waals surface area contributed by atoms with E-state index in [9.17, 15) is 9.18 Å². The Morgan fingerprint density at radius 1 is 1.05 bits per heavy atom. The second kappa shape index (κ2) is 15.2. The molecule has 2 aliphatic heterocycles. The van der Waals surface area contributed by atoms with Crippen LogP contribution in [0.15, 0.2) is 85.1 Å². The molecule has 2 heterocycles. The molecule has 0 aromatic heterocycles. The van der Waals surface area contributed by atoms with Crippen molar-refractivity contribution in [3.05, 3.63) is 108 Å². The van der Waals surface area contributed by atoms with Crippen LogP contribution in [0.5, 0.6) is 0 Å². The van der Waals surface area contributed by atoms with Crippen LogP contribution in [-0.2, 0) is 4.74 Å². The van der Waals surface area contributed by atoms with Gasteiger partial charge < -0.3 is 19.9 Å². The van der Waals surface area contributed by atoms with Gasteiger partial charge in [0.2, 0.25) is 0 Å². The molecule has 2 aliphatic rings. The van der Waals surface area contributed by atoms with Gasteiger partial charge in [0, 0.05) is 67.1 Å². The number of hydrogen-bond donors (Lipinski definition) is 1. The number of benzene rings is 3. The van der Waals surface area contributed by atoms with Gasteiger partial charge in [-0.05, 0) is 105 Å². The standard InChI is InChI=1S/C38H46FN3O2/c1-4-5-10-32-26-33(14-15-36(32)40-35-12-8-11-34(39)27-35)38(43)41-21-17-31(18-22-41)29(3)42(37-13-7-6-9-28(37)2)23-16-30-19-24-44-25-20-30/h5-15,26-27,30-31,40H,3-4,16-25H2,1-2H3/b10-5+. The van der Waals surface area contributed by atoms with Crippen molar-refractivity contribution in [2.45, 2.75) is 52.4 Å². The first kappa shape index (κ1) is 31.5. The molecule has 0 bridgehead atoms. The molecule has 1 amide bonds. The van der Waals surface area contributed by atoms with E-state index in [0.29, 0.717) is 36.2 Å². The highest BCUT2D eigenvalue weighted by atomic mass is 19.1. The number of hydrogen-bond acceptors (Lipinski definition) is 4. The zero-order chi connectivity index (χ0) is 30.9. The number of aryl methyl sites for hydroxylation is 1. The smallest absolute Gasteiger partial charge is 0.253 e. The number of nitrogens with one attached hydrogen (secondary N) is 1. The van der Waals surface area contributed by atoms with Crippen LogP contribution >= 0.6 is 0 Å². The number of likely N-dealkylation sites (tertiary alicyclic amines) is 1. The van der Waals surface area contributed by atoms with Gasteiger partial charge in [-0.2, -0.15) is 0 Å². The Balaban J connectivity index is 1.25. The van der Waals surface area contributed by atoms with E-state index in [0.717, 1.165) is 69.5 Å². The first-order chi connectivity index (χ1) is 21.4. The number of nitrogens with zero attached hydrogens (tertiary/aromatic N) is 2. The fourth-order valence-corrected chi connectivity index (χ4v) is 6.36. The number of anilines is 3. The van der Waals surface area contributed by atoms with E-state index in [4.69, 9.17) is 4.74 Å². The fraction of sp³-hybridized carbons (Fsp3) is 0.395. The molecule has 6 heteroatoms. The summed E-state index contributed by atoms with van der Waals surface area (Å²) in [4.78, 5) is 18.1. The first-order valence-electron chi connectivity index (χ1n) is 16.1. The van der Waals surface area contributed by atoms with Gasteiger partial charge in [0.1, 0.15) is 5.82 Å². The predicted octanol–water partition coefficient (Wildman–Crippen LogP) is 8.99. The normalized spacial score (nSPS) is 16.3. The third-order valence-corrected chi connectivity index (χ3v) is 9.04. The Morgan fingerprint density at radius 3 is 2.55 bits per heavy atom. The van der Waals surface area contributed by atoms with Gasteiger partial charge in [0.05, 0.1) is 0 Å². The number of piperidine rings is 1. The van der Waals surface area contributed by atoms with Crippen molar-refractivity contribution in [3.63, 3.8) is 0 Å². The summed E-state index contributed by atoms with van der Waals surface area (Å²) in [5.74, 6) is 0.775. The average molecular weight is 596 g/mol. The number of allylic oxidation sites excluding steroid dienone is 2. The van der Waals surface area contributed by atoms with E-state index in [2.05, 4.69) is 61.0 Å². The maximum atomic E-state index is 13.8. The number of halogens is 1. The largest absolute Gasteiger partial charge is 0.381 e. The monoisotopic (exact) mass is 595 g/mol. The zero-order valence-corrected chi connectivity index (χ0v) is 26.2. The van der Waals surface area contributed by atoms with Gasteiger partial charge in [-0.25, -0.2) is 4.39 Å². The molecule has 0 unspecified atom stereocenters. The van der Waals surface area contributed by atoms with Crippen molar-refractivity contribution in [1.82, 2.24) is 4.90 Å². The third kappa shape index (κ3) is 7.97. The van der Waals surface area contributed by atoms with Crippen molar-refractivity contribution in [1.29, 1.82) is 0 Å². The molecule has 0 spiro atoms. The zero-order valence-electron chi connectivity index (χ0n) is 26.2. The minimum atomic E-state index is -0.292. The molecule has 2 fully saturated rings. The Kier molecular flexibility index (Phi) is 10.9. The number of carbonyl (C=O) groups is 1. The Labute approximate surface area is 262 Å². The summed E-state index contributed by atoms with van der Waals surface area (Å²) in [7, 11) is 0. The quantitative estimate of drug-likeness (QED) is 0.240. The van der Waals surface area contributed by atoms with Crippen LogP contribution in [-0.4, -0.2) is 43.7 Å². The topological polar surface area (TPSA) is 44.8 Å². The molecule has 232 valence electrons. The molecular weight excluding hydrogens is 549 g/mol. The maximum Gasteiger partial charge on any atom is 0.253 e. The lowest BCUT2D eigenvalue weighted by atomic mass is 9.91. The van der Waals surface area contributed by atoms with Crippen LogP contribution in [0.3, 0.4) is 0 Å². The van der Waals surface area contributed by atoms with E-state index in [1.807, 2.05) is 35.2 Å². The predicted molar refractivity (Wildman–Crippen MR) is 180 cm³/mol. The molecule has 0 radical (unpaired) electrons. The molecule has 2 saturated heterocycles. The molecule has 0 aliphatic carbocycles. The summed E-state index contributed by atoms with van der Waals surface area (Å²) >= 11 is 0. The Bertz CT molecular complexity index is 1450. The maximum absolute atomic E-state index is 13.8. The van der Waals surface area contributed by atoms with Crippen LogP contribution in [0.25, 0.3) is 6.08 Å². The second-order valence-electron chi connectivity index (χ2n) is 12.1. The third-order valence-electron chi connectivity index (χ3n) is 9.04. The number of ether oxygens (including phenoxy) is 1. The highest BCUT2D eigenvalue weighted by Crippen LogP contribution is 2.34. The van der Waals surface area contributed by atoms with Crippen LogP contribution in [0.1, 0.15) is 66.9 Å². The minimum absolute atomic E-state index is 0.0489. The molecule has 5 nitrogen and oxygen atoms in total. The van der Waals surface area contributed by atoms with Gasteiger partial charge in [-0.3, -0.25) is 4.79 Å². The van der Waals surface area contributed by atoms with Crippen molar-refractivity contribution in [2.24, 2.45) is 11.8 Å². The number of para-hydroxylation sites is 1. The van der Waals surface area contributed by atoms with E-state index < -0.39 is 0 Å². The van der Waals surface area contributed by atoms with E-state index in [-0.39, 0.29) is 11.7 Å². The van der Waals surface area contributed by atoms with Gasteiger partial charge in [-0.15, -0.1) is 0 Å². The molecule has 0 saturated carbocycles. The van der Waals surface area contributed by atoms with Crippen molar-refractivity contribution in [3.8, 4) is 0 Å². The van der Waals surface area contributed by atoms with Crippen LogP contribution in [0.4, 0.5) is 21.5 Å². The van der Waals surface area contributed by atoms with E-state index in [1.54, 1.807) is 6.07 Å². The fourth-order valence-electron chi connectivity index (χ4n) is 6.36. The van der Waals surface area contributed by atoms with Crippen molar-refractivity contribution < 1.29 is 13.9 Å². The molecule has 1 N–H and O–H groups in total. The average Bonchev–Trinajstić information content (AvgIpc) is 3.05. The van der Waals surface area contributed by atoms with Gasteiger partial charge in [0.15, 0.2) is 0 Å². The first-order valence-corrected chi connectivity index (χ1v) is 16.1. The Morgan fingerprint density at radius 2 is 1.82 bits per heavy atom. The Hall–Kier alpha value is -3.90. The van der Waals surface area contributed by atoms with Crippen LogP contribution in [0.2, 0.25) is 0 Å². The summed E-state index contributed by atoms with van der Waals surface area (Å²) in [6.45, 7) is 13.0. The van der Waals surface area contributed by atoms with Gasteiger partial charge in [-0.1, -0.05) is 49.9 Å². The molecule has 3 aromatic rings. The molecule has 5 rings (SSSR count). The van der Waals surface area contributed by atoms with Crippen molar-refractivity contribution >= 4 is 29.0 Å². The summed E-state index contributed by atoms with van der Waals surface area (Å²) in [6.07, 6.45) is 10.2. The SMILES string of the molecule is C=C(C1CCN(C(=O)c2ccc(Nc3cccc(F)c3)c(/C=C/CC)c2)CC1)N(CCC1CCOCC1)c1ccccc1C. The van der Waals surface area contributed by atoms with Gasteiger partial charge >= 0.3 is 0 Å². The van der Waals surface area contributed by atoms with Crippen LogP contribution < -0.4 is 10.2 Å². The number of amides is 1. The van der Waals surface area contributed by atoms with E-state index in [1.165, 1.54) is 29.1 Å². The molecule has 44 heavy (non-hydrogen) atoms. The highest BCUT2D eigenvalue weighted by molar-refractivity contribution is 5.96. The lowest BCUT2D eigenvalue weighted by Crippen LogP contribution is -2.41. The van der Waals surface area contributed by atoms with Crippen molar-refractivity contribution in [2.75, 3.05) is 43.1 Å². The van der Waals surface area contributed by atoms with Crippen LogP contribution in [0, 0.1) is 24.6 Å². The summed E-state index contributed by atoms with van der Waals surface area (Å²) < 4.78 is 19.4. The molecular formula is C38H46FN3O2. The van der Waals surface area contributed by atoms with E-state index >= 15 is 0 Å². The summed E-state index contributed by atoms with van der Waals surface area (Å²) in [6, 6.07) is 20.7. The molecule has 3 aromatic carbocycles. The highest BCUT2D eigenvalue weighted by Gasteiger charge is 2.29. The lowest BCUT2D eigenvalue weighted by molar-refractivity contribution is 0.0643. The van der Waals surface area contributed by atoms with Gasteiger partial charge in [0.25, 0.3) is 5.91 Å². The summed E-state index contributed by atoms with van der Waals surface area (Å²) in [5.41, 5.74) is 6.75. The summed E-state index contributed by atoms with van der Waals surface area (Å²) in [5, 5.41) is 3.31. The second-order valence-corrected chi connectivity index (χ2v) is 12.1. The number of rotatable bonds is 11. The minimum Gasteiger partial charge on any atom is -0.381 e. The molecule has 0 atom stereocenters. The lowest BCUT2D eigenvalue weighted by Gasteiger charge is -2.38. The number of carbonyl (C=O) groups excluding carboxylic acids is 1.